The largest absolute Gasteiger partial charge is 0.574 e. The fraction of sp³-hybridized carbons (Fsp3) is 0.375. The number of pyridine rings is 1. The van der Waals surface area contributed by atoms with E-state index < -0.39 is 42.0 Å². The van der Waals surface area contributed by atoms with Crippen molar-refractivity contribution in [2.45, 2.75) is 19.1 Å². The van der Waals surface area contributed by atoms with Crippen LogP contribution in [0.15, 0.2) is 6.07 Å². The lowest BCUT2D eigenvalue weighted by Gasteiger charge is -2.15. The van der Waals surface area contributed by atoms with E-state index >= 15 is 0 Å². The monoisotopic (exact) mass is 276 g/mol. The molecular weight excluding hydrogens is 270 g/mol. The summed E-state index contributed by atoms with van der Waals surface area (Å²) in [4.78, 5) is 2.60. The van der Waals surface area contributed by atoms with E-state index in [0.29, 0.717) is 6.07 Å². The molecule has 0 atom stereocenters. The highest BCUT2D eigenvalue weighted by Crippen LogP contribution is 2.37. The van der Waals surface area contributed by atoms with Crippen LogP contribution in [0, 0.1) is 0 Å². The second-order valence-corrected chi connectivity index (χ2v) is 3.07. The van der Waals surface area contributed by atoms with Crippen LogP contribution >= 0.6 is 0 Å². The number of aromatic nitrogens is 1. The van der Waals surface area contributed by atoms with Crippen molar-refractivity contribution in [2.75, 3.05) is 0 Å². The van der Waals surface area contributed by atoms with Gasteiger partial charge in [0.15, 0.2) is 5.69 Å². The molecule has 1 aromatic heterocycles. The Labute approximate surface area is 96.0 Å². The van der Waals surface area contributed by atoms with E-state index in [0.717, 1.165) is 0 Å². The number of nitrogens with zero attached hydrogens (tertiary/aromatic N) is 1. The quantitative estimate of drug-likeness (QED) is 0.812. The Morgan fingerprint density at radius 1 is 1.22 bits per heavy atom. The van der Waals surface area contributed by atoms with Crippen LogP contribution in [0.1, 0.15) is 11.3 Å². The zero-order valence-electron chi connectivity index (χ0n) is 8.43. The zero-order valence-corrected chi connectivity index (χ0v) is 8.43. The molecule has 0 radical (unpaired) electrons. The molecule has 0 aliphatic carbocycles. The topological polar surface area (TPSA) is 68.4 Å². The van der Waals surface area contributed by atoms with Gasteiger partial charge in [-0.1, -0.05) is 0 Å². The van der Waals surface area contributed by atoms with Crippen molar-refractivity contribution in [1.82, 2.24) is 4.98 Å². The minimum Gasteiger partial charge on any atom is -0.506 e. The molecule has 0 unspecified atom stereocenters. The van der Waals surface area contributed by atoms with E-state index in [4.69, 9.17) is 10.8 Å². The molecule has 0 amide bonds. The number of ether oxygens (including phenoxy) is 1. The molecule has 0 aromatic carbocycles. The van der Waals surface area contributed by atoms with E-state index in [1.807, 2.05) is 0 Å². The Morgan fingerprint density at radius 3 is 2.17 bits per heavy atom. The van der Waals surface area contributed by atoms with Crippen LogP contribution < -0.4 is 10.5 Å². The number of hydrogen-bond acceptors (Lipinski definition) is 4. The van der Waals surface area contributed by atoms with E-state index in [-0.39, 0.29) is 0 Å². The minimum atomic E-state index is -5.21. The Hall–Kier alpha value is -1.71. The average Bonchev–Trinajstić information content (AvgIpc) is 2.16. The molecule has 1 rings (SSSR count). The first-order chi connectivity index (χ1) is 8.04. The lowest BCUT2D eigenvalue weighted by Crippen LogP contribution is -2.21. The predicted octanol–water partition coefficient (Wildman–Crippen LogP) is 2.16. The molecule has 1 heterocycles. The van der Waals surface area contributed by atoms with Crippen LogP contribution in [0.3, 0.4) is 0 Å². The third-order valence-corrected chi connectivity index (χ3v) is 1.74. The second kappa shape index (κ2) is 4.52. The molecule has 0 fully saturated rings. The smallest absolute Gasteiger partial charge is 0.506 e. The van der Waals surface area contributed by atoms with Crippen LogP contribution in [-0.4, -0.2) is 16.5 Å². The lowest BCUT2D eigenvalue weighted by molar-refractivity contribution is -0.276. The van der Waals surface area contributed by atoms with Gasteiger partial charge in [-0.3, -0.25) is 0 Å². The molecule has 1 aromatic rings. The summed E-state index contributed by atoms with van der Waals surface area (Å²) in [6, 6.07) is 0.427. The summed E-state index contributed by atoms with van der Waals surface area (Å²) in [6.45, 7) is -0.579. The van der Waals surface area contributed by atoms with Crippen molar-refractivity contribution >= 4 is 0 Å². The normalized spacial score (nSPS) is 12.6. The summed E-state index contributed by atoms with van der Waals surface area (Å²) in [6.07, 6.45) is -10.3. The number of hydrogen-bond donors (Lipinski definition) is 2. The third-order valence-electron chi connectivity index (χ3n) is 1.74. The van der Waals surface area contributed by atoms with Gasteiger partial charge in [-0.2, -0.15) is 13.2 Å². The van der Waals surface area contributed by atoms with Gasteiger partial charge in [-0.15, -0.1) is 13.2 Å². The van der Waals surface area contributed by atoms with Crippen LogP contribution in [0.5, 0.6) is 11.6 Å². The molecule has 0 bridgehead atoms. The molecule has 3 N–H and O–H groups in total. The third kappa shape index (κ3) is 3.39. The summed E-state index contributed by atoms with van der Waals surface area (Å²) < 4.78 is 76.1. The van der Waals surface area contributed by atoms with Crippen LogP contribution in [0.4, 0.5) is 26.3 Å². The summed E-state index contributed by atoms with van der Waals surface area (Å²) in [7, 11) is 0. The van der Waals surface area contributed by atoms with Gasteiger partial charge in [0.25, 0.3) is 0 Å². The van der Waals surface area contributed by atoms with Gasteiger partial charge < -0.3 is 15.6 Å². The van der Waals surface area contributed by atoms with E-state index in [1.54, 1.807) is 0 Å². The van der Waals surface area contributed by atoms with Crippen molar-refractivity contribution in [1.29, 1.82) is 0 Å². The molecule has 0 aliphatic heterocycles. The van der Waals surface area contributed by atoms with Gasteiger partial charge in [0.1, 0.15) is 5.75 Å². The Bertz CT molecular complexity index is 442. The SMILES string of the molecule is NCc1cc(O)c(C(F)(F)F)nc1OC(F)(F)F. The van der Waals surface area contributed by atoms with Crippen molar-refractivity contribution in [3.63, 3.8) is 0 Å². The molecule has 4 nitrogen and oxygen atoms in total. The maximum Gasteiger partial charge on any atom is 0.574 e. The first kappa shape index (κ1) is 14.4. The average molecular weight is 276 g/mol. The van der Waals surface area contributed by atoms with E-state index in [2.05, 4.69) is 9.72 Å². The summed E-state index contributed by atoms with van der Waals surface area (Å²) >= 11 is 0. The molecule has 102 valence electrons. The standard InChI is InChI=1S/C8H6F6N2O2/c9-7(10,11)5-4(17)1-3(2-15)6(16-5)18-8(12,13)14/h1,17H,2,15H2. The molecule has 10 heteroatoms. The predicted molar refractivity (Wildman–Crippen MR) is 45.5 cm³/mol. The van der Waals surface area contributed by atoms with E-state index in [1.165, 1.54) is 0 Å². The highest BCUT2D eigenvalue weighted by Gasteiger charge is 2.39. The van der Waals surface area contributed by atoms with Gasteiger partial charge in [-0.05, 0) is 6.07 Å². The molecular formula is C8H6F6N2O2. The van der Waals surface area contributed by atoms with Crippen LogP contribution in [0.25, 0.3) is 0 Å². The van der Waals surface area contributed by atoms with Crippen molar-refractivity contribution in [3.8, 4) is 11.6 Å². The van der Waals surface area contributed by atoms with Crippen molar-refractivity contribution in [2.24, 2.45) is 5.73 Å². The Kier molecular flexibility index (Phi) is 3.60. The van der Waals surface area contributed by atoms with Gasteiger partial charge in [0.05, 0.1) is 0 Å². The molecule has 0 spiro atoms. The van der Waals surface area contributed by atoms with Gasteiger partial charge in [0, 0.05) is 12.1 Å². The fourth-order valence-corrected chi connectivity index (χ4v) is 1.08. The van der Waals surface area contributed by atoms with Crippen LogP contribution in [-0.2, 0) is 12.7 Å². The summed E-state index contributed by atoms with van der Waals surface area (Å²) in [5.41, 5.74) is 2.64. The Morgan fingerprint density at radius 2 is 1.78 bits per heavy atom. The zero-order chi connectivity index (χ0) is 14.1. The summed E-state index contributed by atoms with van der Waals surface area (Å²) in [5, 5.41) is 9.01. The highest BCUT2D eigenvalue weighted by atomic mass is 19.4. The number of alkyl halides is 6. The van der Waals surface area contributed by atoms with Gasteiger partial charge in [-0.25, -0.2) is 4.98 Å². The highest BCUT2D eigenvalue weighted by molar-refractivity contribution is 5.39. The first-order valence-corrected chi connectivity index (χ1v) is 4.30. The van der Waals surface area contributed by atoms with Crippen molar-refractivity contribution in [3.05, 3.63) is 17.3 Å². The second-order valence-electron chi connectivity index (χ2n) is 3.07. The first-order valence-electron chi connectivity index (χ1n) is 4.30. The molecule has 0 saturated carbocycles. The maximum absolute atomic E-state index is 12.3. The van der Waals surface area contributed by atoms with Crippen LogP contribution in [0.2, 0.25) is 0 Å². The number of halogens is 6. The minimum absolute atomic E-state index is 0.427. The van der Waals surface area contributed by atoms with Crippen molar-refractivity contribution < 1.29 is 36.2 Å². The van der Waals surface area contributed by atoms with E-state index in [9.17, 15) is 26.3 Å². The molecule has 0 saturated heterocycles. The van der Waals surface area contributed by atoms with Gasteiger partial charge >= 0.3 is 12.5 Å². The molecule has 18 heavy (non-hydrogen) atoms. The lowest BCUT2D eigenvalue weighted by atomic mass is 10.2. The summed E-state index contributed by atoms with van der Waals surface area (Å²) in [5.74, 6) is -2.66. The Balaban J connectivity index is 3.31. The molecule has 0 aliphatic rings. The number of nitrogens with two attached hydrogens (primary N) is 1. The van der Waals surface area contributed by atoms with Gasteiger partial charge in [0.2, 0.25) is 5.88 Å². The maximum atomic E-state index is 12.3. The number of aromatic hydroxyl groups is 1. The number of rotatable bonds is 2. The fourth-order valence-electron chi connectivity index (χ4n) is 1.08.